The van der Waals surface area contributed by atoms with Gasteiger partial charge in [0.25, 0.3) is 5.91 Å². The predicted molar refractivity (Wildman–Crippen MR) is 137 cm³/mol. The first kappa shape index (κ1) is 25.4. The summed E-state index contributed by atoms with van der Waals surface area (Å²) in [5.41, 5.74) is 2.26. The zero-order valence-electron chi connectivity index (χ0n) is 20.3. The summed E-state index contributed by atoms with van der Waals surface area (Å²) in [7, 11) is 2.05. The molecule has 4 rings (SSSR count). The summed E-state index contributed by atoms with van der Waals surface area (Å²) in [6, 6.07) is 11.8. The number of carbonyl (C=O) groups is 2. The Bertz CT molecular complexity index is 1080. The fourth-order valence-electron chi connectivity index (χ4n) is 4.65. The molecule has 0 aliphatic carbocycles. The van der Waals surface area contributed by atoms with Gasteiger partial charge in [-0.1, -0.05) is 29.8 Å². The van der Waals surface area contributed by atoms with Gasteiger partial charge in [-0.3, -0.25) is 14.5 Å². The van der Waals surface area contributed by atoms with E-state index in [1.54, 1.807) is 42.5 Å². The van der Waals surface area contributed by atoms with E-state index in [9.17, 15) is 14.0 Å². The zero-order valence-corrected chi connectivity index (χ0v) is 21.0. The van der Waals surface area contributed by atoms with Gasteiger partial charge in [-0.05, 0) is 55.4 Å². The average Bonchev–Trinajstić information content (AvgIpc) is 2.84. The van der Waals surface area contributed by atoms with Crippen LogP contribution in [0.3, 0.4) is 0 Å². The van der Waals surface area contributed by atoms with Crippen molar-refractivity contribution in [2.45, 2.75) is 19.5 Å². The van der Waals surface area contributed by atoms with Gasteiger partial charge in [-0.2, -0.15) is 0 Å². The molecule has 2 heterocycles. The van der Waals surface area contributed by atoms with Gasteiger partial charge in [-0.15, -0.1) is 0 Å². The van der Waals surface area contributed by atoms with Gasteiger partial charge >= 0.3 is 0 Å². The smallest absolute Gasteiger partial charge is 0.254 e. The van der Waals surface area contributed by atoms with Crippen LogP contribution in [0.25, 0.3) is 6.08 Å². The molecule has 0 bridgehead atoms. The van der Waals surface area contributed by atoms with E-state index >= 15 is 0 Å². The van der Waals surface area contributed by atoms with Crippen LogP contribution in [0, 0.1) is 5.82 Å². The average molecular weight is 499 g/mol. The van der Waals surface area contributed by atoms with Crippen molar-refractivity contribution in [3.05, 3.63) is 76.1 Å². The van der Waals surface area contributed by atoms with Crippen molar-refractivity contribution in [2.24, 2.45) is 0 Å². The van der Waals surface area contributed by atoms with Crippen LogP contribution in [0.5, 0.6) is 0 Å². The zero-order chi connectivity index (χ0) is 24.9. The van der Waals surface area contributed by atoms with E-state index in [0.29, 0.717) is 35.8 Å². The van der Waals surface area contributed by atoms with Gasteiger partial charge in [0.15, 0.2) is 0 Å². The number of halogens is 2. The second-order valence-corrected chi connectivity index (χ2v) is 9.84. The van der Waals surface area contributed by atoms with E-state index in [0.717, 1.165) is 38.3 Å². The van der Waals surface area contributed by atoms with Gasteiger partial charge in [0.05, 0.1) is 0 Å². The molecule has 1 atom stereocenters. The van der Waals surface area contributed by atoms with Crippen LogP contribution in [0.4, 0.5) is 4.39 Å². The highest BCUT2D eigenvalue weighted by molar-refractivity contribution is 6.31. The number of nitrogens with zero attached hydrogens (tertiary/aromatic N) is 4. The summed E-state index contributed by atoms with van der Waals surface area (Å²) in [4.78, 5) is 34.4. The maximum absolute atomic E-state index is 13.2. The molecule has 2 saturated heterocycles. The Kier molecular flexibility index (Phi) is 8.21. The summed E-state index contributed by atoms with van der Waals surface area (Å²) >= 11 is 6.20. The van der Waals surface area contributed by atoms with Crippen molar-refractivity contribution in [2.75, 3.05) is 52.9 Å². The minimum absolute atomic E-state index is 0.0398. The van der Waals surface area contributed by atoms with Crippen molar-refractivity contribution >= 4 is 29.5 Å². The molecule has 0 N–H and O–H groups in total. The molecule has 0 aromatic heterocycles. The third-order valence-electron chi connectivity index (χ3n) is 6.76. The van der Waals surface area contributed by atoms with Crippen LogP contribution >= 0.6 is 11.6 Å². The summed E-state index contributed by atoms with van der Waals surface area (Å²) in [6.07, 6.45) is 3.27. The quantitative estimate of drug-likeness (QED) is 0.591. The highest BCUT2D eigenvalue weighted by Crippen LogP contribution is 2.21. The van der Waals surface area contributed by atoms with Crippen molar-refractivity contribution in [1.29, 1.82) is 0 Å². The SMILES string of the molecule is CC1CN(Cc2ccc(F)cc2)CCN1C(=O)/C=C/c1ccc(Cl)cc1C(=O)N1CCN(C)CC1. The number of piperazine rings is 2. The van der Waals surface area contributed by atoms with E-state index in [2.05, 4.69) is 9.80 Å². The number of likely N-dealkylation sites (N-methyl/N-ethyl adjacent to an activating group) is 1. The fraction of sp³-hybridized carbons (Fsp3) is 0.407. The monoisotopic (exact) mass is 498 g/mol. The Labute approximate surface area is 211 Å². The molecule has 2 fully saturated rings. The maximum Gasteiger partial charge on any atom is 0.254 e. The maximum atomic E-state index is 13.2. The topological polar surface area (TPSA) is 47.1 Å². The van der Waals surface area contributed by atoms with Gasteiger partial charge in [0.2, 0.25) is 5.91 Å². The third-order valence-corrected chi connectivity index (χ3v) is 6.99. The second kappa shape index (κ2) is 11.3. The molecule has 2 aromatic rings. The minimum atomic E-state index is -0.238. The lowest BCUT2D eigenvalue weighted by Crippen LogP contribution is -2.53. The second-order valence-electron chi connectivity index (χ2n) is 9.40. The Hall–Kier alpha value is -2.74. The minimum Gasteiger partial charge on any atom is -0.336 e. The van der Waals surface area contributed by atoms with E-state index in [1.165, 1.54) is 12.1 Å². The van der Waals surface area contributed by atoms with Crippen LogP contribution < -0.4 is 0 Å². The van der Waals surface area contributed by atoms with Crippen molar-refractivity contribution < 1.29 is 14.0 Å². The summed E-state index contributed by atoms with van der Waals surface area (Å²) in [5, 5.41) is 0.497. The molecular formula is C27H32ClFN4O2. The van der Waals surface area contributed by atoms with Gasteiger partial charge in [-0.25, -0.2) is 4.39 Å². The molecule has 1 unspecified atom stereocenters. The Balaban J connectivity index is 1.39. The highest BCUT2D eigenvalue weighted by atomic mass is 35.5. The molecular weight excluding hydrogens is 467 g/mol. The lowest BCUT2D eigenvalue weighted by atomic mass is 10.0. The Morgan fingerprint density at radius 3 is 2.43 bits per heavy atom. The number of hydrogen-bond acceptors (Lipinski definition) is 4. The molecule has 2 aliphatic heterocycles. The van der Waals surface area contributed by atoms with Crippen LogP contribution in [-0.4, -0.2) is 90.3 Å². The summed E-state index contributed by atoms with van der Waals surface area (Å²) < 4.78 is 13.2. The van der Waals surface area contributed by atoms with Gasteiger partial charge in [0.1, 0.15) is 5.82 Å². The van der Waals surface area contributed by atoms with Crippen LogP contribution in [0.15, 0.2) is 48.5 Å². The van der Waals surface area contributed by atoms with Gasteiger partial charge < -0.3 is 14.7 Å². The van der Waals surface area contributed by atoms with Crippen molar-refractivity contribution in [1.82, 2.24) is 19.6 Å². The molecule has 0 saturated carbocycles. The van der Waals surface area contributed by atoms with E-state index in [4.69, 9.17) is 11.6 Å². The van der Waals surface area contributed by atoms with E-state index in [1.807, 2.05) is 23.8 Å². The first-order valence-electron chi connectivity index (χ1n) is 12.0. The molecule has 2 aromatic carbocycles. The van der Waals surface area contributed by atoms with Crippen molar-refractivity contribution in [3.8, 4) is 0 Å². The normalized spacial score (nSPS) is 19.9. The molecule has 8 heteroatoms. The van der Waals surface area contributed by atoms with E-state index in [-0.39, 0.29) is 23.7 Å². The van der Waals surface area contributed by atoms with Crippen molar-refractivity contribution in [3.63, 3.8) is 0 Å². The fourth-order valence-corrected chi connectivity index (χ4v) is 4.82. The number of benzene rings is 2. The number of amides is 2. The Morgan fingerprint density at radius 2 is 1.74 bits per heavy atom. The van der Waals surface area contributed by atoms with Crippen LogP contribution in [0.2, 0.25) is 5.02 Å². The van der Waals surface area contributed by atoms with Crippen LogP contribution in [-0.2, 0) is 11.3 Å². The molecule has 6 nitrogen and oxygen atoms in total. The van der Waals surface area contributed by atoms with E-state index < -0.39 is 0 Å². The van der Waals surface area contributed by atoms with Crippen LogP contribution in [0.1, 0.15) is 28.4 Å². The number of carbonyl (C=O) groups excluding carboxylic acids is 2. The first-order chi connectivity index (χ1) is 16.8. The lowest BCUT2D eigenvalue weighted by Gasteiger charge is -2.39. The first-order valence-corrected chi connectivity index (χ1v) is 12.4. The number of rotatable bonds is 5. The Morgan fingerprint density at radius 1 is 1.03 bits per heavy atom. The predicted octanol–water partition coefficient (Wildman–Crippen LogP) is 3.61. The molecule has 186 valence electrons. The molecule has 35 heavy (non-hydrogen) atoms. The lowest BCUT2D eigenvalue weighted by molar-refractivity contribution is -0.130. The number of hydrogen-bond donors (Lipinski definition) is 0. The highest BCUT2D eigenvalue weighted by Gasteiger charge is 2.27. The molecule has 2 aliphatic rings. The summed E-state index contributed by atoms with van der Waals surface area (Å²) in [6.45, 7) is 7.87. The molecule has 0 spiro atoms. The third kappa shape index (κ3) is 6.48. The molecule has 2 amide bonds. The standard InChI is InChI=1S/C27H32ClFN4O2/c1-20-18-31(19-21-3-8-24(29)9-4-21)13-16-33(20)26(34)10-6-22-5-7-23(28)17-25(22)27(35)32-14-11-30(2)12-15-32/h3-10,17,20H,11-16,18-19H2,1-2H3/b10-6+. The van der Waals surface area contributed by atoms with Gasteiger partial charge in [0, 0.05) is 75.1 Å². The summed E-state index contributed by atoms with van der Waals surface area (Å²) in [5.74, 6) is -0.374. The largest absolute Gasteiger partial charge is 0.336 e. The molecule has 0 radical (unpaired) electrons.